The molecular weight excluding hydrogens is 134 g/mol. The van der Waals surface area contributed by atoms with Crippen LogP contribution in [0, 0.1) is 0 Å². The highest BCUT2D eigenvalue weighted by molar-refractivity contribution is 5.81. The molecule has 1 aliphatic heterocycles. The molecule has 1 aliphatic rings. The third kappa shape index (κ3) is 1.46. The molecular formula is C6H9NO3. The van der Waals surface area contributed by atoms with Crippen molar-refractivity contribution in [2.75, 3.05) is 13.1 Å². The highest BCUT2D eigenvalue weighted by Crippen LogP contribution is 2.04. The van der Waals surface area contributed by atoms with Crippen LogP contribution >= 0.6 is 0 Å². The van der Waals surface area contributed by atoms with Crippen molar-refractivity contribution in [1.82, 2.24) is 4.90 Å². The van der Waals surface area contributed by atoms with Crippen molar-refractivity contribution < 1.29 is 14.7 Å². The molecule has 56 valence electrons. The largest absolute Gasteiger partial charge is 0.465 e. The minimum absolute atomic E-state index is 0.164. The molecule has 1 heterocycles. The molecule has 1 rings (SSSR count). The molecule has 1 N–H and O–H groups in total. The maximum Gasteiger partial charge on any atom is 0.407 e. The summed E-state index contributed by atoms with van der Waals surface area (Å²) < 4.78 is 0. The Labute approximate surface area is 58.4 Å². The first-order valence-corrected chi connectivity index (χ1v) is 3.20. The second-order valence-corrected chi connectivity index (χ2v) is 2.31. The highest BCUT2D eigenvalue weighted by atomic mass is 16.4. The number of likely N-dealkylation sites (tertiary alicyclic amines) is 1. The van der Waals surface area contributed by atoms with Crippen LogP contribution in [0.3, 0.4) is 0 Å². The monoisotopic (exact) mass is 143 g/mol. The van der Waals surface area contributed by atoms with Gasteiger partial charge in [0.15, 0.2) is 0 Å². The van der Waals surface area contributed by atoms with Crippen molar-refractivity contribution in [2.45, 2.75) is 12.8 Å². The number of piperidine rings is 1. The number of Topliss-reactive ketones (excluding diaryl/α,β-unsaturated/α-hetero) is 1. The van der Waals surface area contributed by atoms with Crippen molar-refractivity contribution in [3.05, 3.63) is 0 Å². The SMILES string of the molecule is O=C1CCN(C(=O)O)CC1. The van der Waals surface area contributed by atoms with E-state index in [1.54, 1.807) is 0 Å². The quantitative estimate of drug-likeness (QED) is 0.531. The number of ketones is 1. The lowest BCUT2D eigenvalue weighted by Gasteiger charge is -2.22. The van der Waals surface area contributed by atoms with Crippen LogP contribution in [0.1, 0.15) is 12.8 Å². The van der Waals surface area contributed by atoms with Crippen LogP contribution < -0.4 is 0 Å². The summed E-state index contributed by atoms with van der Waals surface area (Å²) >= 11 is 0. The Balaban J connectivity index is 2.40. The summed E-state index contributed by atoms with van der Waals surface area (Å²) in [5.41, 5.74) is 0. The lowest BCUT2D eigenvalue weighted by atomic mass is 10.1. The Morgan fingerprint density at radius 1 is 1.40 bits per heavy atom. The van der Waals surface area contributed by atoms with E-state index in [0.717, 1.165) is 0 Å². The van der Waals surface area contributed by atoms with Gasteiger partial charge in [-0.1, -0.05) is 0 Å². The first kappa shape index (κ1) is 7.05. The lowest BCUT2D eigenvalue weighted by molar-refractivity contribution is -0.121. The van der Waals surface area contributed by atoms with Gasteiger partial charge in [0, 0.05) is 25.9 Å². The fraction of sp³-hybridized carbons (Fsp3) is 0.667. The number of carboxylic acid groups (broad SMARTS) is 1. The number of rotatable bonds is 0. The van der Waals surface area contributed by atoms with Gasteiger partial charge in [0.2, 0.25) is 0 Å². The molecule has 4 heteroatoms. The summed E-state index contributed by atoms with van der Waals surface area (Å²) in [6.45, 7) is 0.738. The van der Waals surface area contributed by atoms with Gasteiger partial charge < -0.3 is 10.0 Å². The van der Waals surface area contributed by atoms with Crippen molar-refractivity contribution in [3.63, 3.8) is 0 Å². The van der Waals surface area contributed by atoms with E-state index in [0.29, 0.717) is 25.9 Å². The van der Waals surface area contributed by atoms with Crippen molar-refractivity contribution in [3.8, 4) is 0 Å². The van der Waals surface area contributed by atoms with Crippen LogP contribution in [0.25, 0.3) is 0 Å². The Morgan fingerprint density at radius 2 is 1.90 bits per heavy atom. The summed E-state index contributed by atoms with van der Waals surface area (Å²) in [4.78, 5) is 22.2. The molecule has 0 aromatic heterocycles. The molecule has 10 heavy (non-hydrogen) atoms. The van der Waals surface area contributed by atoms with E-state index in [-0.39, 0.29) is 5.78 Å². The zero-order valence-corrected chi connectivity index (χ0v) is 5.54. The van der Waals surface area contributed by atoms with Gasteiger partial charge in [-0.25, -0.2) is 4.79 Å². The molecule has 0 aromatic rings. The molecule has 1 fully saturated rings. The average Bonchev–Trinajstić information content (AvgIpc) is 1.88. The van der Waals surface area contributed by atoms with E-state index in [2.05, 4.69) is 0 Å². The van der Waals surface area contributed by atoms with Crippen LogP contribution in [0.15, 0.2) is 0 Å². The molecule has 0 atom stereocenters. The van der Waals surface area contributed by atoms with Gasteiger partial charge in [-0.3, -0.25) is 4.79 Å². The predicted octanol–water partition coefficient (Wildman–Crippen LogP) is 0.329. The molecule has 0 aliphatic carbocycles. The minimum atomic E-state index is -0.924. The van der Waals surface area contributed by atoms with Crippen LogP contribution in [0.4, 0.5) is 4.79 Å². The van der Waals surface area contributed by atoms with E-state index in [1.807, 2.05) is 0 Å². The zero-order chi connectivity index (χ0) is 7.56. The summed E-state index contributed by atoms with van der Waals surface area (Å²) in [7, 11) is 0. The maximum atomic E-state index is 10.6. The van der Waals surface area contributed by atoms with Gasteiger partial charge in [0.05, 0.1) is 0 Å². The van der Waals surface area contributed by atoms with Gasteiger partial charge in [-0.05, 0) is 0 Å². The van der Waals surface area contributed by atoms with Crippen molar-refractivity contribution in [1.29, 1.82) is 0 Å². The van der Waals surface area contributed by atoms with Gasteiger partial charge in [-0.15, -0.1) is 0 Å². The Hall–Kier alpha value is -1.06. The Bertz CT molecular complexity index is 156. The number of carbonyl (C=O) groups excluding carboxylic acids is 1. The van der Waals surface area contributed by atoms with Crippen LogP contribution in [-0.2, 0) is 4.79 Å². The van der Waals surface area contributed by atoms with E-state index < -0.39 is 6.09 Å². The fourth-order valence-corrected chi connectivity index (χ4v) is 0.947. The minimum Gasteiger partial charge on any atom is -0.465 e. The fourth-order valence-electron chi connectivity index (χ4n) is 0.947. The Kier molecular flexibility index (Phi) is 1.89. The maximum absolute atomic E-state index is 10.6. The molecule has 0 aromatic carbocycles. The molecule has 4 nitrogen and oxygen atoms in total. The van der Waals surface area contributed by atoms with E-state index >= 15 is 0 Å². The molecule has 0 radical (unpaired) electrons. The second kappa shape index (κ2) is 2.68. The molecule has 0 unspecified atom stereocenters. The standard InChI is InChI=1S/C6H9NO3/c8-5-1-3-7(4-2-5)6(9)10/h1-4H2,(H,9,10). The van der Waals surface area contributed by atoms with Crippen LogP contribution in [0.2, 0.25) is 0 Å². The normalized spacial score (nSPS) is 19.2. The molecule has 0 bridgehead atoms. The highest BCUT2D eigenvalue weighted by Gasteiger charge is 2.19. The number of amides is 1. The number of hydrogen-bond acceptors (Lipinski definition) is 2. The van der Waals surface area contributed by atoms with Crippen LogP contribution in [-0.4, -0.2) is 35.0 Å². The zero-order valence-electron chi connectivity index (χ0n) is 5.54. The van der Waals surface area contributed by atoms with Crippen LogP contribution in [0.5, 0.6) is 0 Å². The van der Waals surface area contributed by atoms with Crippen molar-refractivity contribution in [2.24, 2.45) is 0 Å². The summed E-state index contributed by atoms with van der Waals surface area (Å²) in [5.74, 6) is 0.164. The van der Waals surface area contributed by atoms with E-state index in [1.165, 1.54) is 4.90 Å². The van der Waals surface area contributed by atoms with Crippen molar-refractivity contribution >= 4 is 11.9 Å². The summed E-state index contributed by atoms with van der Waals surface area (Å²) in [6.07, 6.45) is -0.161. The topological polar surface area (TPSA) is 57.6 Å². The predicted molar refractivity (Wildman–Crippen MR) is 33.8 cm³/mol. The van der Waals surface area contributed by atoms with E-state index in [4.69, 9.17) is 5.11 Å². The number of hydrogen-bond donors (Lipinski definition) is 1. The first-order valence-electron chi connectivity index (χ1n) is 3.20. The first-order chi connectivity index (χ1) is 4.70. The number of nitrogens with zero attached hydrogens (tertiary/aromatic N) is 1. The average molecular weight is 143 g/mol. The van der Waals surface area contributed by atoms with Gasteiger partial charge >= 0.3 is 6.09 Å². The molecule has 1 saturated heterocycles. The van der Waals surface area contributed by atoms with Gasteiger partial charge in [0.25, 0.3) is 0 Å². The summed E-state index contributed by atoms with van der Waals surface area (Å²) in [5, 5.41) is 8.44. The smallest absolute Gasteiger partial charge is 0.407 e. The Morgan fingerprint density at radius 3 is 2.30 bits per heavy atom. The van der Waals surface area contributed by atoms with E-state index in [9.17, 15) is 9.59 Å². The third-order valence-electron chi connectivity index (χ3n) is 1.59. The molecule has 0 spiro atoms. The van der Waals surface area contributed by atoms with Gasteiger partial charge in [0.1, 0.15) is 5.78 Å². The van der Waals surface area contributed by atoms with Gasteiger partial charge in [-0.2, -0.15) is 0 Å². The second-order valence-electron chi connectivity index (χ2n) is 2.31. The lowest BCUT2D eigenvalue weighted by Crippen LogP contribution is -2.37. The summed E-state index contributed by atoms with van der Waals surface area (Å²) in [6, 6.07) is 0. The number of carbonyl (C=O) groups is 2. The molecule has 1 amide bonds. The molecule has 0 saturated carbocycles. The third-order valence-corrected chi connectivity index (χ3v) is 1.59.